The molecule has 0 aliphatic carbocycles. The standard InChI is InChI=1S/C28H30ClNO4S/c1-33-27(31)9-4-3-8-26(35-17-16-28(32)34-2)22-7-5-6-20(18-22)10-14-24-15-12-21-11-13-23(29)19-25(21)30-24/h5-7,10-15,18-19,26H,3-4,8-9,16-17H2,1-2H3/b14-10+. The molecule has 1 atom stereocenters. The van der Waals surface area contributed by atoms with Gasteiger partial charge in [0.05, 0.1) is 31.9 Å². The quantitative estimate of drug-likeness (QED) is 0.190. The van der Waals surface area contributed by atoms with Crippen molar-refractivity contribution >= 4 is 58.4 Å². The van der Waals surface area contributed by atoms with Crippen molar-refractivity contribution in [3.63, 3.8) is 0 Å². The number of carbonyl (C=O) groups excluding carboxylic acids is 2. The molecule has 0 radical (unpaired) electrons. The van der Waals surface area contributed by atoms with E-state index in [1.54, 1.807) is 11.8 Å². The first-order valence-electron chi connectivity index (χ1n) is 11.6. The number of thioether (sulfide) groups is 1. The van der Waals surface area contributed by atoms with E-state index in [0.29, 0.717) is 23.6 Å². The lowest BCUT2D eigenvalue weighted by atomic mass is 10.0. The fourth-order valence-electron chi connectivity index (χ4n) is 3.68. The molecule has 2 aromatic carbocycles. The molecule has 0 saturated heterocycles. The van der Waals surface area contributed by atoms with Gasteiger partial charge in [0, 0.05) is 27.8 Å². The summed E-state index contributed by atoms with van der Waals surface area (Å²) in [5, 5.41) is 1.93. The van der Waals surface area contributed by atoms with Crippen molar-refractivity contribution in [1.82, 2.24) is 4.98 Å². The molecule has 0 bridgehead atoms. The molecule has 35 heavy (non-hydrogen) atoms. The number of fused-ring (bicyclic) bond motifs is 1. The van der Waals surface area contributed by atoms with Gasteiger partial charge in [-0.15, -0.1) is 0 Å². The number of hydrogen-bond acceptors (Lipinski definition) is 6. The average Bonchev–Trinajstić information content (AvgIpc) is 2.88. The Morgan fingerprint density at radius 3 is 2.54 bits per heavy atom. The topological polar surface area (TPSA) is 65.5 Å². The molecule has 1 heterocycles. The minimum atomic E-state index is -0.206. The number of pyridine rings is 1. The van der Waals surface area contributed by atoms with Crippen molar-refractivity contribution in [1.29, 1.82) is 0 Å². The van der Waals surface area contributed by atoms with Gasteiger partial charge >= 0.3 is 11.9 Å². The first-order valence-corrected chi connectivity index (χ1v) is 13.0. The number of halogens is 1. The largest absolute Gasteiger partial charge is 0.469 e. The van der Waals surface area contributed by atoms with Gasteiger partial charge in [0.1, 0.15) is 0 Å². The van der Waals surface area contributed by atoms with Crippen LogP contribution in [0.15, 0.2) is 54.6 Å². The molecule has 1 unspecified atom stereocenters. The van der Waals surface area contributed by atoms with Crippen LogP contribution in [0.3, 0.4) is 0 Å². The van der Waals surface area contributed by atoms with Gasteiger partial charge in [-0.1, -0.05) is 60.5 Å². The number of hydrogen-bond donors (Lipinski definition) is 0. The number of unbranched alkanes of at least 4 members (excludes halogenated alkanes) is 1. The average molecular weight is 512 g/mol. The zero-order chi connectivity index (χ0) is 25.0. The monoisotopic (exact) mass is 511 g/mol. The number of esters is 2. The van der Waals surface area contributed by atoms with Crippen molar-refractivity contribution in [2.45, 2.75) is 37.4 Å². The van der Waals surface area contributed by atoms with Gasteiger partial charge in [-0.05, 0) is 48.2 Å². The lowest BCUT2D eigenvalue weighted by Gasteiger charge is -2.17. The number of ether oxygens (including phenoxy) is 2. The van der Waals surface area contributed by atoms with E-state index in [2.05, 4.69) is 29.3 Å². The van der Waals surface area contributed by atoms with E-state index in [1.807, 2.05) is 42.5 Å². The SMILES string of the molecule is COC(=O)CCCCC(SCCC(=O)OC)c1cccc(/C=C/c2ccc3ccc(Cl)cc3n2)c1. The van der Waals surface area contributed by atoms with E-state index >= 15 is 0 Å². The van der Waals surface area contributed by atoms with E-state index in [0.717, 1.165) is 41.4 Å². The summed E-state index contributed by atoms with van der Waals surface area (Å²) in [7, 11) is 2.82. The summed E-state index contributed by atoms with van der Waals surface area (Å²) in [6.45, 7) is 0. The van der Waals surface area contributed by atoms with Crippen molar-refractivity contribution in [2.75, 3.05) is 20.0 Å². The maximum Gasteiger partial charge on any atom is 0.306 e. The van der Waals surface area contributed by atoms with Gasteiger partial charge in [0.2, 0.25) is 0 Å². The highest BCUT2D eigenvalue weighted by Gasteiger charge is 2.14. The van der Waals surface area contributed by atoms with E-state index in [9.17, 15) is 9.59 Å². The highest BCUT2D eigenvalue weighted by Crippen LogP contribution is 2.35. The van der Waals surface area contributed by atoms with Crippen LogP contribution in [0, 0.1) is 0 Å². The number of aromatic nitrogens is 1. The van der Waals surface area contributed by atoms with Crippen LogP contribution in [-0.4, -0.2) is 36.9 Å². The summed E-state index contributed by atoms with van der Waals surface area (Å²) >= 11 is 7.86. The van der Waals surface area contributed by atoms with Crippen molar-refractivity contribution in [2.24, 2.45) is 0 Å². The van der Waals surface area contributed by atoms with Gasteiger partial charge in [0.25, 0.3) is 0 Å². The molecule has 0 spiro atoms. The second kappa shape index (κ2) is 13.9. The van der Waals surface area contributed by atoms with E-state index in [-0.39, 0.29) is 17.2 Å². The second-order valence-corrected chi connectivity index (χ2v) is 9.83. The third-order valence-corrected chi connectivity index (χ3v) is 7.17. The predicted octanol–water partition coefficient (Wildman–Crippen LogP) is 7.13. The van der Waals surface area contributed by atoms with Crippen LogP contribution in [0.1, 0.15) is 54.2 Å². The summed E-state index contributed by atoms with van der Waals surface area (Å²) in [6, 6.07) is 18.1. The summed E-state index contributed by atoms with van der Waals surface area (Å²) in [5.74, 6) is 0.289. The molecule has 0 fully saturated rings. The fraction of sp³-hybridized carbons (Fsp3) is 0.321. The smallest absolute Gasteiger partial charge is 0.306 e. The number of benzene rings is 2. The lowest BCUT2D eigenvalue weighted by molar-refractivity contribution is -0.141. The van der Waals surface area contributed by atoms with Gasteiger partial charge in [-0.2, -0.15) is 11.8 Å². The molecule has 3 aromatic rings. The highest BCUT2D eigenvalue weighted by molar-refractivity contribution is 7.99. The maximum atomic E-state index is 11.6. The molecule has 0 amide bonds. The van der Waals surface area contributed by atoms with Crippen LogP contribution in [0.2, 0.25) is 5.02 Å². The van der Waals surface area contributed by atoms with Crippen LogP contribution < -0.4 is 0 Å². The van der Waals surface area contributed by atoms with Crippen LogP contribution in [0.4, 0.5) is 0 Å². The minimum absolute atomic E-state index is 0.184. The van der Waals surface area contributed by atoms with Crippen LogP contribution in [-0.2, 0) is 19.1 Å². The number of carbonyl (C=O) groups is 2. The van der Waals surface area contributed by atoms with E-state index < -0.39 is 0 Å². The Morgan fingerprint density at radius 2 is 1.74 bits per heavy atom. The maximum absolute atomic E-state index is 11.6. The molecular formula is C28H30ClNO4S. The Bertz CT molecular complexity index is 1180. The Kier molecular flexibility index (Phi) is 10.6. The molecule has 0 aliphatic rings. The van der Waals surface area contributed by atoms with Crippen LogP contribution in [0.25, 0.3) is 23.1 Å². The van der Waals surface area contributed by atoms with Crippen LogP contribution in [0.5, 0.6) is 0 Å². The fourth-order valence-corrected chi connectivity index (χ4v) is 5.09. The Labute approximate surface area is 215 Å². The molecule has 184 valence electrons. The van der Waals surface area contributed by atoms with Crippen molar-refractivity contribution in [3.05, 3.63) is 76.4 Å². The third-order valence-electron chi connectivity index (χ3n) is 5.58. The van der Waals surface area contributed by atoms with E-state index in [1.165, 1.54) is 19.8 Å². The molecule has 0 saturated carbocycles. The highest BCUT2D eigenvalue weighted by atomic mass is 35.5. The summed E-state index contributed by atoms with van der Waals surface area (Å²) in [5.41, 5.74) is 3.99. The van der Waals surface area contributed by atoms with E-state index in [4.69, 9.17) is 21.1 Å². The molecule has 7 heteroatoms. The molecule has 3 rings (SSSR count). The number of methoxy groups -OCH3 is 2. The zero-order valence-electron chi connectivity index (χ0n) is 20.0. The van der Waals surface area contributed by atoms with Crippen molar-refractivity contribution < 1.29 is 19.1 Å². The minimum Gasteiger partial charge on any atom is -0.469 e. The third kappa shape index (κ3) is 8.71. The Balaban J connectivity index is 1.71. The molecular weight excluding hydrogens is 482 g/mol. The predicted molar refractivity (Wildman–Crippen MR) is 144 cm³/mol. The van der Waals surface area contributed by atoms with Crippen LogP contribution >= 0.6 is 23.4 Å². The van der Waals surface area contributed by atoms with Gasteiger partial charge in [-0.3, -0.25) is 9.59 Å². The normalized spacial score (nSPS) is 12.1. The molecule has 0 aliphatic heterocycles. The second-order valence-electron chi connectivity index (χ2n) is 8.08. The summed E-state index contributed by atoms with van der Waals surface area (Å²) in [4.78, 5) is 27.7. The zero-order valence-corrected chi connectivity index (χ0v) is 21.6. The lowest BCUT2D eigenvalue weighted by Crippen LogP contribution is -2.04. The summed E-state index contributed by atoms with van der Waals surface area (Å²) in [6.07, 6.45) is 7.42. The van der Waals surface area contributed by atoms with Gasteiger partial charge < -0.3 is 9.47 Å². The Morgan fingerprint density at radius 1 is 0.971 bits per heavy atom. The first-order chi connectivity index (χ1) is 17.0. The van der Waals surface area contributed by atoms with Gasteiger partial charge in [-0.25, -0.2) is 4.98 Å². The number of rotatable bonds is 12. The molecule has 0 N–H and O–H groups in total. The molecule has 5 nitrogen and oxygen atoms in total. The summed E-state index contributed by atoms with van der Waals surface area (Å²) < 4.78 is 9.51. The van der Waals surface area contributed by atoms with Gasteiger partial charge in [0.15, 0.2) is 0 Å². The molecule has 1 aromatic heterocycles. The number of nitrogens with zero attached hydrogens (tertiary/aromatic N) is 1. The Hall–Kier alpha value is -2.83. The van der Waals surface area contributed by atoms with Crippen molar-refractivity contribution in [3.8, 4) is 0 Å². The first kappa shape index (κ1) is 26.8.